The van der Waals surface area contributed by atoms with Crippen LogP contribution in [0.5, 0.6) is 0 Å². The van der Waals surface area contributed by atoms with E-state index >= 15 is 0 Å². The lowest BCUT2D eigenvalue weighted by atomic mass is 10.0. The van der Waals surface area contributed by atoms with E-state index in [0.29, 0.717) is 19.3 Å². The van der Waals surface area contributed by atoms with Crippen LogP contribution in [-0.2, 0) is 19.1 Å². The number of aliphatic hydroxyl groups is 2. The summed E-state index contributed by atoms with van der Waals surface area (Å²) in [6.45, 7) is 6.44. The number of unbranched alkanes of at least 4 members (excludes halogenated alkanes) is 20. The normalized spacial score (nSPS) is 13.3. The molecule has 0 spiro atoms. The molecule has 0 aliphatic heterocycles. The van der Waals surface area contributed by atoms with Crippen LogP contribution in [0.25, 0.3) is 0 Å². The number of ether oxygens (including phenoxy) is 2. The van der Waals surface area contributed by atoms with Gasteiger partial charge in [0, 0.05) is 12.8 Å². The van der Waals surface area contributed by atoms with Crippen LogP contribution in [-0.4, -0.2) is 47.6 Å². The molecular formula is C43H78O6. The number of allylic oxidation sites excluding steroid dienone is 4. The number of rotatable bonds is 36. The third-order valence-corrected chi connectivity index (χ3v) is 8.90. The molecule has 6 heteroatoms. The minimum Gasteiger partial charge on any atom is -0.463 e. The smallest absolute Gasteiger partial charge is 0.305 e. The maximum Gasteiger partial charge on any atom is 0.305 e. The summed E-state index contributed by atoms with van der Waals surface area (Å²) >= 11 is 0. The van der Waals surface area contributed by atoms with Crippen molar-refractivity contribution in [3.63, 3.8) is 0 Å². The summed E-state index contributed by atoms with van der Waals surface area (Å²) in [5, 5.41) is 19.8. The molecule has 1 unspecified atom stereocenters. The number of hydrogen-bond acceptors (Lipinski definition) is 6. The first kappa shape index (κ1) is 47.1. The Hall–Kier alpha value is -1.92. The third-order valence-electron chi connectivity index (χ3n) is 8.90. The fourth-order valence-electron chi connectivity index (χ4n) is 5.78. The van der Waals surface area contributed by atoms with E-state index in [2.05, 4.69) is 32.9 Å². The van der Waals surface area contributed by atoms with Crippen LogP contribution < -0.4 is 0 Å². The molecule has 0 rings (SSSR count). The number of aliphatic hydroxyl groups excluding tert-OH is 2. The molecule has 0 aromatic rings. The lowest BCUT2D eigenvalue weighted by Gasteiger charge is -2.12. The fourth-order valence-corrected chi connectivity index (χ4v) is 5.78. The van der Waals surface area contributed by atoms with Crippen LogP contribution in [0.1, 0.15) is 194 Å². The highest BCUT2D eigenvalue weighted by Gasteiger charge is 2.12. The molecule has 0 bridgehead atoms. The van der Waals surface area contributed by atoms with Crippen molar-refractivity contribution in [3.05, 3.63) is 36.5 Å². The van der Waals surface area contributed by atoms with Gasteiger partial charge in [0.1, 0.15) is 19.3 Å². The molecule has 0 saturated carbocycles. The van der Waals surface area contributed by atoms with Gasteiger partial charge in [-0.25, -0.2) is 0 Å². The van der Waals surface area contributed by atoms with Crippen molar-refractivity contribution >= 4 is 11.9 Å². The van der Waals surface area contributed by atoms with E-state index < -0.39 is 12.2 Å². The zero-order chi connectivity index (χ0) is 36.0. The summed E-state index contributed by atoms with van der Waals surface area (Å²) in [7, 11) is 0. The molecular weight excluding hydrogens is 612 g/mol. The maximum atomic E-state index is 12.0. The van der Waals surface area contributed by atoms with Crippen molar-refractivity contribution in [2.45, 2.75) is 206 Å². The Morgan fingerprint density at radius 3 is 1.43 bits per heavy atom. The maximum absolute atomic E-state index is 12.0. The van der Waals surface area contributed by atoms with E-state index in [0.717, 1.165) is 70.1 Å². The Morgan fingerprint density at radius 2 is 0.980 bits per heavy atom. The molecule has 2 N–H and O–H groups in total. The van der Waals surface area contributed by atoms with Gasteiger partial charge in [-0.05, 0) is 44.4 Å². The van der Waals surface area contributed by atoms with E-state index in [1.807, 2.05) is 24.3 Å². The Morgan fingerprint density at radius 1 is 0.551 bits per heavy atom. The SMILES string of the molecule is CC/C=C/CC(O)/C=C/C=C/CCCCCCCC(=O)OC[C@H](O)COC(=O)CCCCCCCCCCCCCCCCCCC(C)C. The van der Waals surface area contributed by atoms with Crippen LogP contribution in [0.15, 0.2) is 36.5 Å². The second-order valence-electron chi connectivity index (χ2n) is 14.4. The van der Waals surface area contributed by atoms with Crippen molar-refractivity contribution in [1.82, 2.24) is 0 Å². The van der Waals surface area contributed by atoms with Crippen molar-refractivity contribution in [2.75, 3.05) is 13.2 Å². The average Bonchev–Trinajstić information content (AvgIpc) is 3.08. The second kappa shape index (κ2) is 37.3. The monoisotopic (exact) mass is 691 g/mol. The molecule has 0 aromatic carbocycles. The Bertz CT molecular complexity index is 817. The van der Waals surface area contributed by atoms with E-state index in [9.17, 15) is 19.8 Å². The quantitative estimate of drug-likeness (QED) is 0.0294. The lowest BCUT2D eigenvalue weighted by Crippen LogP contribution is -2.25. The topological polar surface area (TPSA) is 93.1 Å². The zero-order valence-corrected chi connectivity index (χ0v) is 32.2. The van der Waals surface area contributed by atoms with Crippen molar-refractivity contribution < 1.29 is 29.3 Å². The highest BCUT2D eigenvalue weighted by Crippen LogP contribution is 2.15. The molecule has 6 nitrogen and oxygen atoms in total. The molecule has 0 aliphatic carbocycles. The minimum atomic E-state index is -0.985. The van der Waals surface area contributed by atoms with Crippen LogP contribution in [0.2, 0.25) is 0 Å². The molecule has 2 atom stereocenters. The Labute approximate surface area is 302 Å². The molecule has 0 amide bonds. The summed E-state index contributed by atoms with van der Waals surface area (Å²) < 4.78 is 10.3. The van der Waals surface area contributed by atoms with Crippen molar-refractivity contribution in [2.24, 2.45) is 5.92 Å². The van der Waals surface area contributed by atoms with E-state index in [-0.39, 0.29) is 25.2 Å². The highest BCUT2D eigenvalue weighted by atomic mass is 16.6. The van der Waals surface area contributed by atoms with Crippen LogP contribution in [0.4, 0.5) is 0 Å². The van der Waals surface area contributed by atoms with Gasteiger partial charge < -0.3 is 19.7 Å². The summed E-state index contributed by atoms with van der Waals surface area (Å²) in [6, 6.07) is 0. The van der Waals surface area contributed by atoms with Gasteiger partial charge in [-0.3, -0.25) is 9.59 Å². The van der Waals surface area contributed by atoms with Crippen molar-refractivity contribution in [1.29, 1.82) is 0 Å². The fraction of sp³-hybridized carbons (Fsp3) is 0.814. The molecule has 0 saturated heterocycles. The largest absolute Gasteiger partial charge is 0.463 e. The Balaban J connectivity index is 3.47. The van der Waals surface area contributed by atoms with Crippen molar-refractivity contribution in [3.8, 4) is 0 Å². The number of carbonyl (C=O) groups excluding carboxylic acids is 2. The average molecular weight is 691 g/mol. The first-order valence-electron chi connectivity index (χ1n) is 20.5. The van der Waals surface area contributed by atoms with Gasteiger partial charge in [0.15, 0.2) is 0 Å². The summed E-state index contributed by atoms with van der Waals surface area (Å²) in [6.07, 6.45) is 41.1. The second-order valence-corrected chi connectivity index (χ2v) is 14.4. The molecule has 0 aliphatic rings. The van der Waals surface area contributed by atoms with Gasteiger partial charge >= 0.3 is 11.9 Å². The molecule has 286 valence electrons. The predicted octanol–water partition coefficient (Wildman–Crippen LogP) is 11.7. The molecule has 0 aromatic heterocycles. The summed E-state index contributed by atoms with van der Waals surface area (Å²) in [4.78, 5) is 24.0. The highest BCUT2D eigenvalue weighted by molar-refractivity contribution is 5.69. The van der Waals surface area contributed by atoms with Gasteiger partial charge in [0.05, 0.1) is 6.10 Å². The first-order chi connectivity index (χ1) is 23.8. The molecule has 0 fully saturated rings. The standard InChI is InChI=1S/C43H78O6/c1-4-5-27-33-40(44)34-29-24-20-16-14-18-22-26-31-36-43(47)49-38-41(45)37-48-42(46)35-30-25-21-17-13-11-9-7-6-8-10-12-15-19-23-28-32-39(2)3/h5,20,24,27,29,34,39-41,44-45H,4,6-19,21-23,25-26,28,30-33,35-38H2,1-3H3/b24-20+,27-5+,34-29+/t40?,41-/m1/s1. The van der Waals surface area contributed by atoms with Gasteiger partial charge in [-0.15, -0.1) is 0 Å². The third kappa shape index (κ3) is 38.7. The van der Waals surface area contributed by atoms with Gasteiger partial charge in [-0.1, -0.05) is 179 Å². The molecule has 0 heterocycles. The van der Waals surface area contributed by atoms with Crippen LogP contribution in [0, 0.1) is 5.92 Å². The Kier molecular flexibility index (Phi) is 35.9. The van der Waals surface area contributed by atoms with Gasteiger partial charge in [-0.2, -0.15) is 0 Å². The number of esters is 2. The predicted molar refractivity (Wildman–Crippen MR) is 207 cm³/mol. The zero-order valence-electron chi connectivity index (χ0n) is 32.2. The minimum absolute atomic E-state index is 0.133. The molecule has 49 heavy (non-hydrogen) atoms. The first-order valence-corrected chi connectivity index (χ1v) is 20.5. The van der Waals surface area contributed by atoms with E-state index in [1.54, 1.807) is 0 Å². The summed E-state index contributed by atoms with van der Waals surface area (Å²) in [5.41, 5.74) is 0. The van der Waals surface area contributed by atoms with Crippen LogP contribution >= 0.6 is 0 Å². The lowest BCUT2D eigenvalue weighted by molar-refractivity contribution is -0.152. The van der Waals surface area contributed by atoms with E-state index in [1.165, 1.54) is 89.9 Å². The van der Waals surface area contributed by atoms with E-state index in [4.69, 9.17) is 9.47 Å². The molecule has 0 radical (unpaired) electrons. The van der Waals surface area contributed by atoms with Gasteiger partial charge in [0.25, 0.3) is 0 Å². The summed E-state index contributed by atoms with van der Waals surface area (Å²) in [5.74, 6) is 0.242. The van der Waals surface area contributed by atoms with Gasteiger partial charge in [0.2, 0.25) is 0 Å². The van der Waals surface area contributed by atoms with Crippen LogP contribution in [0.3, 0.4) is 0 Å². The number of carbonyl (C=O) groups is 2. The number of hydrogen-bond donors (Lipinski definition) is 2.